The maximum Gasteiger partial charge on any atom is 0.338 e. The van der Waals surface area contributed by atoms with Gasteiger partial charge in [-0.1, -0.05) is 88.4 Å². The van der Waals surface area contributed by atoms with Crippen LogP contribution in [0.1, 0.15) is 94.0 Å². The highest BCUT2D eigenvalue weighted by molar-refractivity contribution is 7.90. The first-order chi connectivity index (χ1) is 26.7. The smallest absolute Gasteiger partial charge is 0.338 e. The quantitative estimate of drug-likeness (QED) is 0.0514. The molecule has 3 aromatic carbocycles. The van der Waals surface area contributed by atoms with Crippen LogP contribution in [-0.2, 0) is 29.6 Å². The molecular weight excluding hydrogens is 776 g/mol. The fraction of sp³-hybridized carbons (Fsp3) is 0.450. The topological polar surface area (TPSA) is 176 Å². The molecule has 1 amide bonds. The lowest BCUT2D eigenvalue weighted by Crippen LogP contribution is -2.37. The van der Waals surface area contributed by atoms with E-state index in [1.165, 1.54) is 69.2 Å². The summed E-state index contributed by atoms with van der Waals surface area (Å²) in [6, 6.07) is 15.8. The molecule has 56 heavy (non-hydrogen) atoms. The molecule has 304 valence electrons. The van der Waals surface area contributed by atoms with Crippen LogP contribution in [0.25, 0.3) is 0 Å². The number of carbonyl (C=O) groups excluding carboxylic acids is 2. The van der Waals surface area contributed by atoms with Gasteiger partial charge in [-0.15, -0.1) is 4.40 Å². The Bertz CT molecular complexity index is 2120. The molecule has 0 aliphatic carbocycles. The van der Waals surface area contributed by atoms with E-state index in [1.54, 1.807) is 37.3 Å². The predicted molar refractivity (Wildman–Crippen MR) is 226 cm³/mol. The standard InChI is InChI=1S/C40H53ClN6O7S2/c1-5-7-8-9-10-11-12-13-14-17-26-54-40(49)30-20-22-32(41)35(28-30)45-39(48)37(38-44-34-18-15-16-19-36(34)56(52,53)46-38)43-33-23-21-31(27-29(33)3)47(6-2)25-24-42-55(4,50)51/h15-16,18-23,27-28,42H,5-14,17,24-26H2,1-4H3,(H,44,46)(H,45,48). The predicted octanol–water partition coefficient (Wildman–Crippen LogP) is 8.03. The van der Waals surface area contributed by atoms with Gasteiger partial charge in [-0.3, -0.25) is 4.79 Å². The highest BCUT2D eigenvalue weighted by Gasteiger charge is 2.30. The Morgan fingerprint density at radius 1 is 0.929 bits per heavy atom. The molecule has 0 fully saturated rings. The number of rotatable bonds is 22. The van der Waals surface area contributed by atoms with Crippen LogP contribution in [0.5, 0.6) is 0 Å². The van der Waals surface area contributed by atoms with Crippen molar-refractivity contribution in [2.75, 3.05) is 48.0 Å². The van der Waals surface area contributed by atoms with Gasteiger partial charge < -0.3 is 20.3 Å². The Labute approximate surface area is 336 Å². The van der Waals surface area contributed by atoms with E-state index in [1.807, 2.05) is 17.9 Å². The summed E-state index contributed by atoms with van der Waals surface area (Å²) in [7, 11) is -7.56. The van der Waals surface area contributed by atoms with Gasteiger partial charge in [0.25, 0.3) is 15.9 Å². The van der Waals surface area contributed by atoms with Gasteiger partial charge in [0.1, 0.15) is 4.90 Å². The first-order valence-electron chi connectivity index (χ1n) is 19.1. The van der Waals surface area contributed by atoms with Crippen LogP contribution >= 0.6 is 11.6 Å². The average Bonchev–Trinajstić information content (AvgIpc) is 3.15. The Morgan fingerprint density at radius 3 is 2.27 bits per heavy atom. The van der Waals surface area contributed by atoms with Crippen molar-refractivity contribution in [3.05, 3.63) is 76.8 Å². The number of likely N-dealkylation sites (N-methyl/N-ethyl adjacent to an activating group) is 1. The van der Waals surface area contributed by atoms with Gasteiger partial charge >= 0.3 is 5.97 Å². The van der Waals surface area contributed by atoms with Crippen LogP contribution in [0.4, 0.5) is 22.7 Å². The van der Waals surface area contributed by atoms with Gasteiger partial charge in [-0.25, -0.2) is 22.9 Å². The Hall–Kier alpha value is -4.31. The number of hydrogen-bond donors (Lipinski definition) is 3. The Kier molecular flexibility index (Phi) is 16.9. The zero-order valence-corrected chi connectivity index (χ0v) is 35.0. The molecule has 3 aromatic rings. The number of sulfonamides is 2. The maximum atomic E-state index is 14.1. The molecule has 0 atom stereocenters. The summed E-state index contributed by atoms with van der Waals surface area (Å²) in [4.78, 5) is 33.6. The minimum atomic E-state index is -4.21. The maximum absolute atomic E-state index is 14.1. The van der Waals surface area contributed by atoms with Crippen LogP contribution in [0.2, 0.25) is 5.02 Å². The number of amidine groups is 1. The number of nitrogens with zero attached hydrogens (tertiary/aromatic N) is 3. The lowest BCUT2D eigenvalue weighted by molar-refractivity contribution is -0.110. The highest BCUT2D eigenvalue weighted by atomic mass is 35.5. The second-order valence-corrected chi connectivity index (χ2v) is 17.5. The zero-order chi connectivity index (χ0) is 40.7. The fourth-order valence-electron chi connectivity index (χ4n) is 6.11. The van der Waals surface area contributed by atoms with Crippen LogP contribution in [0, 0.1) is 6.92 Å². The van der Waals surface area contributed by atoms with Gasteiger partial charge in [-0.05, 0) is 74.4 Å². The van der Waals surface area contributed by atoms with E-state index >= 15 is 0 Å². The van der Waals surface area contributed by atoms with Crippen molar-refractivity contribution in [2.24, 2.45) is 9.39 Å². The first kappa shape index (κ1) is 44.4. The second kappa shape index (κ2) is 21.3. The van der Waals surface area contributed by atoms with E-state index in [-0.39, 0.29) is 51.6 Å². The third kappa shape index (κ3) is 13.4. The minimum Gasteiger partial charge on any atom is -0.462 e. The first-order valence-corrected chi connectivity index (χ1v) is 22.8. The van der Waals surface area contributed by atoms with E-state index in [0.717, 1.165) is 31.2 Å². The molecular formula is C40H53ClN6O7S2. The number of para-hydroxylation sites is 1. The number of nitrogens with one attached hydrogen (secondary N) is 3. The summed E-state index contributed by atoms with van der Waals surface area (Å²) in [5.41, 5.74) is 1.92. The monoisotopic (exact) mass is 828 g/mol. The number of unbranched alkanes of at least 4 members (excludes halogenated alkanes) is 9. The molecule has 16 heteroatoms. The number of amides is 1. The third-order valence-corrected chi connectivity index (χ3v) is 11.5. The summed E-state index contributed by atoms with van der Waals surface area (Å²) >= 11 is 6.49. The number of anilines is 3. The van der Waals surface area contributed by atoms with Crippen LogP contribution in [0.15, 0.2) is 74.9 Å². The van der Waals surface area contributed by atoms with Gasteiger partial charge in [0, 0.05) is 25.3 Å². The minimum absolute atomic E-state index is 0.0545. The number of ether oxygens (including phenoxy) is 1. The molecule has 0 bridgehead atoms. The number of aryl methyl sites for hydroxylation is 1. The molecule has 4 rings (SSSR count). The summed E-state index contributed by atoms with van der Waals surface area (Å²) in [6.45, 7) is 7.40. The lowest BCUT2D eigenvalue weighted by atomic mass is 10.1. The van der Waals surface area contributed by atoms with Crippen molar-refractivity contribution in [1.29, 1.82) is 0 Å². The fourth-order valence-corrected chi connectivity index (χ4v) is 7.86. The molecule has 0 saturated heterocycles. The van der Waals surface area contributed by atoms with Gasteiger partial charge in [0.15, 0.2) is 11.5 Å². The van der Waals surface area contributed by atoms with Crippen LogP contribution < -0.4 is 20.3 Å². The molecule has 0 saturated carbocycles. The second-order valence-electron chi connectivity index (χ2n) is 13.7. The summed E-state index contributed by atoms with van der Waals surface area (Å²) < 4.78 is 61.5. The molecule has 0 spiro atoms. The number of esters is 1. The zero-order valence-electron chi connectivity index (χ0n) is 32.6. The third-order valence-electron chi connectivity index (χ3n) is 9.16. The molecule has 1 aliphatic heterocycles. The van der Waals surface area contributed by atoms with Crippen molar-refractivity contribution >= 4 is 77.8 Å². The molecule has 3 N–H and O–H groups in total. The lowest BCUT2D eigenvalue weighted by Gasteiger charge is -2.24. The van der Waals surface area contributed by atoms with Gasteiger partial charge in [-0.2, -0.15) is 8.42 Å². The molecule has 1 aliphatic rings. The Morgan fingerprint density at radius 2 is 1.61 bits per heavy atom. The molecule has 13 nitrogen and oxygen atoms in total. The number of aliphatic imine (C=N–C) groups is 1. The van der Waals surface area contributed by atoms with E-state index in [4.69, 9.17) is 16.3 Å². The average molecular weight is 829 g/mol. The van der Waals surface area contributed by atoms with Crippen LogP contribution in [-0.4, -0.2) is 72.8 Å². The summed E-state index contributed by atoms with van der Waals surface area (Å²) in [5.74, 6) is -1.71. The SMILES string of the molecule is CCCCCCCCCCCCOC(=O)c1ccc(Cl)c(NC(=O)C(=Nc2ccc(N(CC)CCNS(C)(=O)=O)cc2C)C2=NS(=O)(=O)c3ccccc3N2)c1. The van der Waals surface area contributed by atoms with Gasteiger partial charge in [0.2, 0.25) is 10.0 Å². The number of hydrogen-bond acceptors (Lipinski definition) is 10. The number of benzene rings is 3. The molecule has 0 radical (unpaired) electrons. The van der Waals surface area contributed by atoms with Gasteiger partial charge in [0.05, 0.1) is 40.5 Å². The van der Waals surface area contributed by atoms with Crippen molar-refractivity contribution < 1.29 is 31.2 Å². The van der Waals surface area contributed by atoms with E-state index in [0.29, 0.717) is 24.3 Å². The summed E-state index contributed by atoms with van der Waals surface area (Å²) in [5, 5.41) is 5.76. The number of carbonyl (C=O) groups is 2. The van der Waals surface area contributed by atoms with E-state index in [9.17, 15) is 26.4 Å². The van der Waals surface area contributed by atoms with Crippen molar-refractivity contribution in [1.82, 2.24) is 4.72 Å². The van der Waals surface area contributed by atoms with E-state index < -0.39 is 31.9 Å². The van der Waals surface area contributed by atoms with Crippen molar-refractivity contribution in [3.63, 3.8) is 0 Å². The van der Waals surface area contributed by atoms with Crippen molar-refractivity contribution in [3.8, 4) is 0 Å². The molecule has 0 aromatic heterocycles. The highest BCUT2D eigenvalue weighted by Crippen LogP contribution is 2.30. The number of fused-ring (bicyclic) bond motifs is 1. The van der Waals surface area contributed by atoms with E-state index in [2.05, 4.69) is 31.7 Å². The number of halogens is 1. The normalized spacial score (nSPS) is 13.7. The van der Waals surface area contributed by atoms with Crippen LogP contribution in [0.3, 0.4) is 0 Å². The summed E-state index contributed by atoms with van der Waals surface area (Å²) in [6.07, 6.45) is 12.7. The van der Waals surface area contributed by atoms with Crippen molar-refractivity contribution in [2.45, 2.75) is 89.9 Å². The molecule has 1 heterocycles. The largest absolute Gasteiger partial charge is 0.462 e. The Balaban J connectivity index is 1.52. The molecule has 0 unspecified atom stereocenters.